The summed E-state index contributed by atoms with van der Waals surface area (Å²) in [6.07, 6.45) is 0.0343. The van der Waals surface area contributed by atoms with Gasteiger partial charge < -0.3 is 10.5 Å². The van der Waals surface area contributed by atoms with E-state index in [9.17, 15) is 0 Å². The fourth-order valence-corrected chi connectivity index (χ4v) is 2.00. The van der Waals surface area contributed by atoms with E-state index < -0.39 is 0 Å². The highest BCUT2D eigenvalue weighted by molar-refractivity contribution is 9.10. The lowest BCUT2D eigenvalue weighted by atomic mass is 10.2. The molecule has 1 aromatic carbocycles. The Morgan fingerprint density at radius 3 is 3.00 bits per heavy atom. The van der Waals surface area contributed by atoms with Gasteiger partial charge in [0.1, 0.15) is 0 Å². The number of nitrogen functional groups attached to an aromatic ring is 1. The van der Waals surface area contributed by atoms with E-state index in [1.807, 2.05) is 25.1 Å². The molecule has 0 aliphatic rings. The molecule has 0 fully saturated rings. The van der Waals surface area contributed by atoms with E-state index in [4.69, 9.17) is 10.5 Å². The van der Waals surface area contributed by atoms with Crippen LogP contribution in [0.3, 0.4) is 0 Å². The van der Waals surface area contributed by atoms with Crippen LogP contribution in [-0.4, -0.2) is 33.4 Å². The van der Waals surface area contributed by atoms with E-state index in [2.05, 4.69) is 31.5 Å². The number of benzene rings is 1. The number of halogens is 1. The molecule has 2 N–H and O–H groups in total. The topological polar surface area (TPSA) is 78.8 Å². The Balaban J connectivity index is 2.39. The van der Waals surface area contributed by atoms with Crippen LogP contribution < -0.4 is 5.73 Å². The Labute approximate surface area is 113 Å². The summed E-state index contributed by atoms with van der Waals surface area (Å²) in [6, 6.07) is 5.60. The normalized spacial score (nSPS) is 12.6. The van der Waals surface area contributed by atoms with Crippen molar-refractivity contribution in [3.05, 3.63) is 22.7 Å². The largest absolute Gasteiger partial charge is 0.398 e. The van der Waals surface area contributed by atoms with Crippen molar-refractivity contribution in [3.8, 4) is 11.4 Å². The van der Waals surface area contributed by atoms with Crippen molar-refractivity contribution in [2.24, 2.45) is 0 Å². The van der Waals surface area contributed by atoms with E-state index in [1.165, 1.54) is 0 Å². The summed E-state index contributed by atoms with van der Waals surface area (Å²) in [5, 5.41) is 11.7. The zero-order valence-electron chi connectivity index (χ0n) is 10.2. The summed E-state index contributed by atoms with van der Waals surface area (Å²) in [6.45, 7) is 2.54. The van der Waals surface area contributed by atoms with E-state index >= 15 is 0 Å². The zero-order chi connectivity index (χ0) is 13.1. The minimum Gasteiger partial charge on any atom is -0.398 e. The molecule has 0 aliphatic heterocycles. The van der Waals surface area contributed by atoms with Crippen LogP contribution in [0.1, 0.15) is 6.92 Å². The third-order valence-corrected chi connectivity index (χ3v) is 3.52. The van der Waals surface area contributed by atoms with Gasteiger partial charge in [-0.3, -0.25) is 0 Å². The van der Waals surface area contributed by atoms with Crippen molar-refractivity contribution < 1.29 is 4.74 Å². The lowest BCUT2D eigenvalue weighted by Crippen LogP contribution is -2.16. The van der Waals surface area contributed by atoms with E-state index in [0.29, 0.717) is 18.1 Å². The first kappa shape index (κ1) is 13.0. The number of hydrogen-bond acceptors (Lipinski definition) is 5. The SMILES string of the molecule is COC(C)Cn1nnnc1-c1cccc(N)c1Br. The predicted molar refractivity (Wildman–Crippen MR) is 71.8 cm³/mol. The number of hydrogen-bond donors (Lipinski definition) is 1. The van der Waals surface area contributed by atoms with Gasteiger partial charge in [0.2, 0.25) is 0 Å². The van der Waals surface area contributed by atoms with Gasteiger partial charge in [0.15, 0.2) is 5.82 Å². The Morgan fingerprint density at radius 2 is 2.28 bits per heavy atom. The Hall–Kier alpha value is -1.47. The standard InChI is InChI=1S/C11H14BrN5O/c1-7(18-2)6-17-11(14-15-16-17)8-4-3-5-9(13)10(8)12/h3-5,7H,6,13H2,1-2H3. The monoisotopic (exact) mass is 311 g/mol. The molecule has 0 saturated heterocycles. The second-order valence-corrected chi connectivity index (χ2v) is 4.73. The molecule has 7 heteroatoms. The zero-order valence-corrected chi connectivity index (χ0v) is 11.8. The molecule has 2 aromatic rings. The number of nitrogens with zero attached hydrogens (tertiary/aromatic N) is 4. The molecular weight excluding hydrogens is 298 g/mol. The average molecular weight is 312 g/mol. The third-order valence-electron chi connectivity index (χ3n) is 2.63. The molecule has 0 bridgehead atoms. The van der Waals surface area contributed by atoms with Crippen molar-refractivity contribution in [2.45, 2.75) is 19.6 Å². The summed E-state index contributed by atoms with van der Waals surface area (Å²) in [5.41, 5.74) is 7.37. The first-order chi connectivity index (χ1) is 8.63. The van der Waals surface area contributed by atoms with Gasteiger partial charge in [-0.2, -0.15) is 0 Å². The van der Waals surface area contributed by atoms with Crippen molar-refractivity contribution >= 4 is 21.6 Å². The molecule has 0 radical (unpaired) electrons. The molecular formula is C11H14BrN5O. The average Bonchev–Trinajstić information content (AvgIpc) is 2.80. The summed E-state index contributed by atoms with van der Waals surface area (Å²) in [7, 11) is 1.66. The van der Waals surface area contributed by atoms with Gasteiger partial charge in [-0.05, 0) is 45.4 Å². The van der Waals surface area contributed by atoms with Gasteiger partial charge in [-0.15, -0.1) is 5.10 Å². The first-order valence-corrected chi connectivity index (χ1v) is 6.26. The maximum Gasteiger partial charge on any atom is 0.183 e. The fraction of sp³-hybridized carbons (Fsp3) is 0.364. The number of rotatable bonds is 4. The molecule has 2 rings (SSSR count). The van der Waals surface area contributed by atoms with Gasteiger partial charge >= 0.3 is 0 Å². The molecule has 1 heterocycles. The highest BCUT2D eigenvalue weighted by Gasteiger charge is 2.15. The number of aromatic nitrogens is 4. The number of ether oxygens (including phenoxy) is 1. The van der Waals surface area contributed by atoms with Crippen LogP contribution in [-0.2, 0) is 11.3 Å². The number of methoxy groups -OCH3 is 1. The third kappa shape index (κ3) is 2.51. The van der Waals surface area contributed by atoms with Crippen LogP contribution in [0.15, 0.2) is 22.7 Å². The lowest BCUT2D eigenvalue weighted by molar-refractivity contribution is 0.0997. The smallest absolute Gasteiger partial charge is 0.183 e. The second kappa shape index (κ2) is 5.45. The molecule has 0 saturated carbocycles. The summed E-state index contributed by atoms with van der Waals surface area (Å²) < 4.78 is 7.71. The van der Waals surface area contributed by atoms with Crippen molar-refractivity contribution in [1.82, 2.24) is 20.2 Å². The molecule has 1 atom stereocenters. The first-order valence-electron chi connectivity index (χ1n) is 5.46. The van der Waals surface area contributed by atoms with Crippen LogP contribution in [0.5, 0.6) is 0 Å². The van der Waals surface area contributed by atoms with Crippen LogP contribution >= 0.6 is 15.9 Å². The van der Waals surface area contributed by atoms with Gasteiger partial charge in [0.25, 0.3) is 0 Å². The summed E-state index contributed by atoms with van der Waals surface area (Å²) in [4.78, 5) is 0. The molecule has 0 spiro atoms. The predicted octanol–water partition coefficient (Wildman–Crippen LogP) is 1.72. The Morgan fingerprint density at radius 1 is 1.50 bits per heavy atom. The molecule has 1 aromatic heterocycles. The van der Waals surface area contributed by atoms with Gasteiger partial charge in [-0.25, -0.2) is 4.68 Å². The van der Waals surface area contributed by atoms with Gasteiger partial charge in [0, 0.05) is 18.4 Å². The maximum absolute atomic E-state index is 5.85. The van der Waals surface area contributed by atoms with Crippen molar-refractivity contribution in [2.75, 3.05) is 12.8 Å². The highest BCUT2D eigenvalue weighted by Crippen LogP contribution is 2.30. The summed E-state index contributed by atoms with van der Waals surface area (Å²) in [5.74, 6) is 0.665. The molecule has 96 valence electrons. The molecule has 0 aliphatic carbocycles. The number of nitrogens with two attached hydrogens (primary N) is 1. The van der Waals surface area contributed by atoms with Crippen LogP contribution in [0.4, 0.5) is 5.69 Å². The van der Waals surface area contributed by atoms with Crippen LogP contribution in [0, 0.1) is 0 Å². The van der Waals surface area contributed by atoms with Crippen molar-refractivity contribution in [3.63, 3.8) is 0 Å². The van der Waals surface area contributed by atoms with Crippen molar-refractivity contribution in [1.29, 1.82) is 0 Å². The molecule has 18 heavy (non-hydrogen) atoms. The van der Waals surface area contributed by atoms with Crippen LogP contribution in [0.25, 0.3) is 11.4 Å². The number of tetrazole rings is 1. The maximum atomic E-state index is 5.85. The van der Waals surface area contributed by atoms with Crippen LogP contribution in [0.2, 0.25) is 0 Å². The Bertz CT molecular complexity index is 542. The molecule has 6 nitrogen and oxygen atoms in total. The van der Waals surface area contributed by atoms with Gasteiger partial charge in [-0.1, -0.05) is 6.07 Å². The van der Waals surface area contributed by atoms with Gasteiger partial charge in [0.05, 0.1) is 17.1 Å². The molecule has 0 amide bonds. The lowest BCUT2D eigenvalue weighted by Gasteiger charge is -2.11. The van der Waals surface area contributed by atoms with E-state index in [-0.39, 0.29) is 6.10 Å². The minimum absolute atomic E-state index is 0.0343. The minimum atomic E-state index is 0.0343. The fourth-order valence-electron chi connectivity index (χ4n) is 1.56. The quantitative estimate of drug-likeness (QED) is 0.870. The Kier molecular flexibility index (Phi) is 3.93. The highest BCUT2D eigenvalue weighted by atomic mass is 79.9. The summed E-state index contributed by atoms with van der Waals surface area (Å²) >= 11 is 3.45. The number of anilines is 1. The second-order valence-electron chi connectivity index (χ2n) is 3.94. The molecule has 1 unspecified atom stereocenters. The van der Waals surface area contributed by atoms with E-state index in [1.54, 1.807) is 11.8 Å². The van der Waals surface area contributed by atoms with E-state index in [0.717, 1.165) is 10.0 Å².